The molecule has 0 aliphatic heterocycles. The molecular weight excluding hydrogens is 246 g/mol. The van der Waals surface area contributed by atoms with Crippen LogP contribution in [0.3, 0.4) is 0 Å². The standard InChI is InChI=1S/C8H3Cl3N2O/c9-3-1-4-6(5(10)2-3)12-13-8(11)7(4)14/h1-2H,(H,12,14). The lowest BCUT2D eigenvalue weighted by Crippen LogP contribution is -2.06. The number of hydrogen-bond acceptors (Lipinski definition) is 2. The monoisotopic (exact) mass is 248 g/mol. The molecule has 14 heavy (non-hydrogen) atoms. The molecule has 0 aliphatic carbocycles. The van der Waals surface area contributed by atoms with Crippen LogP contribution in [0.4, 0.5) is 0 Å². The summed E-state index contributed by atoms with van der Waals surface area (Å²) in [6.45, 7) is 0. The minimum absolute atomic E-state index is 0.129. The van der Waals surface area contributed by atoms with Crippen LogP contribution < -0.4 is 5.43 Å². The van der Waals surface area contributed by atoms with Crippen molar-refractivity contribution in [1.29, 1.82) is 0 Å². The summed E-state index contributed by atoms with van der Waals surface area (Å²) in [4.78, 5) is 11.5. The highest BCUT2D eigenvalue weighted by Gasteiger charge is 2.08. The first-order chi connectivity index (χ1) is 6.59. The van der Waals surface area contributed by atoms with Gasteiger partial charge >= 0.3 is 0 Å². The normalized spacial score (nSPS) is 10.8. The van der Waals surface area contributed by atoms with E-state index in [1.165, 1.54) is 12.1 Å². The van der Waals surface area contributed by atoms with Crippen LogP contribution in [0.5, 0.6) is 0 Å². The lowest BCUT2D eigenvalue weighted by molar-refractivity contribution is 1.07. The fourth-order valence-electron chi connectivity index (χ4n) is 1.13. The summed E-state index contributed by atoms with van der Waals surface area (Å²) in [5, 5.41) is 7.11. The number of benzene rings is 1. The van der Waals surface area contributed by atoms with Crippen LogP contribution in [0.1, 0.15) is 0 Å². The zero-order valence-electron chi connectivity index (χ0n) is 6.64. The predicted molar refractivity (Wildman–Crippen MR) is 57.4 cm³/mol. The van der Waals surface area contributed by atoms with Gasteiger partial charge in [-0.3, -0.25) is 9.89 Å². The summed E-state index contributed by atoms with van der Waals surface area (Å²) < 4.78 is 0. The molecule has 6 heteroatoms. The third-order valence-electron chi connectivity index (χ3n) is 1.75. The maximum Gasteiger partial charge on any atom is 0.227 e. The Morgan fingerprint density at radius 3 is 2.64 bits per heavy atom. The fourth-order valence-corrected chi connectivity index (χ4v) is 1.81. The lowest BCUT2D eigenvalue weighted by Gasteiger charge is -2.00. The van der Waals surface area contributed by atoms with Crippen LogP contribution in [0.2, 0.25) is 15.2 Å². The number of H-pyrrole nitrogens is 1. The Morgan fingerprint density at radius 1 is 1.21 bits per heavy atom. The summed E-state index contributed by atoms with van der Waals surface area (Å²) in [5.41, 5.74) is 0.0512. The highest BCUT2D eigenvalue weighted by molar-refractivity contribution is 6.38. The van der Waals surface area contributed by atoms with Gasteiger partial charge in [-0.25, -0.2) is 0 Å². The van der Waals surface area contributed by atoms with Crippen molar-refractivity contribution in [3.63, 3.8) is 0 Å². The van der Waals surface area contributed by atoms with Crippen LogP contribution in [0.15, 0.2) is 16.9 Å². The minimum Gasteiger partial charge on any atom is -0.286 e. The second-order valence-electron chi connectivity index (χ2n) is 2.65. The van der Waals surface area contributed by atoms with E-state index < -0.39 is 0 Å². The molecule has 0 saturated heterocycles. The maximum atomic E-state index is 11.5. The molecule has 0 bridgehead atoms. The average molecular weight is 249 g/mol. The summed E-state index contributed by atoms with van der Waals surface area (Å²) in [6, 6.07) is 3.02. The molecule has 3 nitrogen and oxygen atoms in total. The topological polar surface area (TPSA) is 45.8 Å². The molecule has 0 spiro atoms. The Labute approximate surface area is 93.6 Å². The summed E-state index contributed by atoms with van der Waals surface area (Å²) in [5.74, 6) is 0. The molecule has 0 aliphatic rings. The van der Waals surface area contributed by atoms with Crippen LogP contribution in [0.25, 0.3) is 10.9 Å². The Kier molecular flexibility index (Phi) is 2.39. The second kappa shape index (κ2) is 3.42. The number of rotatable bonds is 0. The quantitative estimate of drug-likeness (QED) is 0.780. The van der Waals surface area contributed by atoms with E-state index in [0.29, 0.717) is 20.9 Å². The largest absolute Gasteiger partial charge is 0.286 e. The SMILES string of the molecule is O=c1c(Cl)n[nH]c2c(Cl)cc(Cl)cc12. The molecule has 1 heterocycles. The third kappa shape index (κ3) is 1.47. The van der Waals surface area contributed by atoms with E-state index >= 15 is 0 Å². The molecule has 0 unspecified atom stereocenters. The summed E-state index contributed by atoms with van der Waals surface area (Å²) >= 11 is 17.1. The predicted octanol–water partition coefficient (Wildman–Crippen LogP) is 2.88. The van der Waals surface area contributed by atoms with E-state index in [2.05, 4.69) is 10.2 Å². The Balaban J connectivity index is 3.03. The van der Waals surface area contributed by atoms with E-state index in [4.69, 9.17) is 34.8 Å². The van der Waals surface area contributed by atoms with Crippen molar-refractivity contribution in [3.05, 3.63) is 37.6 Å². The Morgan fingerprint density at radius 2 is 1.93 bits per heavy atom. The first-order valence-electron chi connectivity index (χ1n) is 3.62. The first-order valence-corrected chi connectivity index (χ1v) is 4.76. The van der Waals surface area contributed by atoms with Gasteiger partial charge in [-0.15, -0.1) is 0 Å². The molecule has 1 aromatic heterocycles. The van der Waals surface area contributed by atoms with Crippen molar-refractivity contribution in [2.24, 2.45) is 0 Å². The van der Waals surface area contributed by atoms with Crippen LogP contribution in [-0.2, 0) is 0 Å². The van der Waals surface area contributed by atoms with Crippen molar-refractivity contribution in [3.8, 4) is 0 Å². The molecular formula is C8H3Cl3N2O. The zero-order valence-corrected chi connectivity index (χ0v) is 8.91. The van der Waals surface area contributed by atoms with E-state index in [9.17, 15) is 4.79 Å². The number of nitrogens with one attached hydrogen (secondary N) is 1. The first kappa shape index (κ1) is 9.77. The number of nitrogens with zero attached hydrogens (tertiary/aromatic N) is 1. The van der Waals surface area contributed by atoms with E-state index in [-0.39, 0.29) is 10.6 Å². The highest BCUT2D eigenvalue weighted by atomic mass is 35.5. The van der Waals surface area contributed by atoms with Gasteiger partial charge in [0.25, 0.3) is 0 Å². The van der Waals surface area contributed by atoms with Crippen molar-refractivity contribution in [2.45, 2.75) is 0 Å². The van der Waals surface area contributed by atoms with Crippen LogP contribution >= 0.6 is 34.8 Å². The molecule has 1 aromatic carbocycles. The van der Waals surface area contributed by atoms with Crippen molar-refractivity contribution in [2.75, 3.05) is 0 Å². The fraction of sp³-hybridized carbons (Fsp3) is 0. The minimum atomic E-state index is -0.384. The van der Waals surface area contributed by atoms with Gasteiger partial charge in [0.1, 0.15) is 0 Å². The zero-order chi connectivity index (χ0) is 10.3. The number of aromatic amines is 1. The summed E-state index contributed by atoms with van der Waals surface area (Å²) in [7, 11) is 0. The number of halogens is 3. The maximum absolute atomic E-state index is 11.5. The molecule has 1 N–H and O–H groups in total. The van der Waals surface area contributed by atoms with Crippen molar-refractivity contribution in [1.82, 2.24) is 10.2 Å². The second-order valence-corrected chi connectivity index (χ2v) is 3.86. The van der Waals surface area contributed by atoms with Gasteiger partial charge in [-0.1, -0.05) is 34.8 Å². The molecule has 0 radical (unpaired) electrons. The Hall–Kier alpha value is -0.770. The molecule has 0 amide bonds. The van der Waals surface area contributed by atoms with Gasteiger partial charge < -0.3 is 0 Å². The summed E-state index contributed by atoms with van der Waals surface area (Å²) in [6.07, 6.45) is 0. The van der Waals surface area contributed by atoms with Gasteiger partial charge in [0.15, 0.2) is 5.15 Å². The number of fused-ring (bicyclic) bond motifs is 1. The lowest BCUT2D eigenvalue weighted by atomic mass is 10.2. The van der Waals surface area contributed by atoms with Crippen LogP contribution in [-0.4, -0.2) is 10.2 Å². The molecule has 2 aromatic rings. The molecule has 72 valence electrons. The average Bonchev–Trinajstić information content (AvgIpc) is 2.12. The van der Waals surface area contributed by atoms with Gasteiger partial charge in [0, 0.05) is 5.02 Å². The number of aromatic nitrogens is 2. The van der Waals surface area contributed by atoms with Crippen LogP contribution in [0, 0.1) is 0 Å². The van der Waals surface area contributed by atoms with Gasteiger partial charge in [0.2, 0.25) is 5.43 Å². The third-order valence-corrected chi connectivity index (χ3v) is 2.53. The van der Waals surface area contributed by atoms with E-state index in [1.54, 1.807) is 0 Å². The number of hydrogen-bond donors (Lipinski definition) is 1. The molecule has 0 atom stereocenters. The highest BCUT2D eigenvalue weighted by Crippen LogP contribution is 2.24. The van der Waals surface area contributed by atoms with Crippen molar-refractivity contribution >= 4 is 45.7 Å². The van der Waals surface area contributed by atoms with Crippen molar-refractivity contribution < 1.29 is 0 Å². The van der Waals surface area contributed by atoms with E-state index in [0.717, 1.165) is 0 Å². The van der Waals surface area contributed by atoms with E-state index in [1.807, 2.05) is 0 Å². The molecule has 0 saturated carbocycles. The molecule has 2 rings (SSSR count). The smallest absolute Gasteiger partial charge is 0.227 e. The van der Waals surface area contributed by atoms with Gasteiger partial charge in [-0.05, 0) is 12.1 Å². The van der Waals surface area contributed by atoms with Gasteiger partial charge in [0.05, 0.1) is 15.9 Å². The van der Waals surface area contributed by atoms with Gasteiger partial charge in [-0.2, -0.15) is 5.10 Å². The molecule has 0 fully saturated rings. The Bertz CT molecular complexity index is 564.